The number of carbonyl (C=O) groups is 1. The third-order valence-electron chi connectivity index (χ3n) is 5.90. The van der Waals surface area contributed by atoms with Crippen molar-refractivity contribution in [2.75, 3.05) is 13.2 Å². The summed E-state index contributed by atoms with van der Waals surface area (Å²) in [5.41, 5.74) is 5.69. The Kier molecular flexibility index (Phi) is 5.73. The number of aryl methyl sites for hydroxylation is 1. The molecular formula is C25H27NO4. The lowest BCUT2D eigenvalue weighted by Crippen LogP contribution is -2.23. The number of esters is 1. The number of nitrogens with zero attached hydrogens (tertiary/aromatic N) is 1. The number of benzene rings is 2. The molecule has 0 spiro atoms. The number of hydrogen-bond donors (Lipinski definition) is 1. The summed E-state index contributed by atoms with van der Waals surface area (Å²) in [6.07, 6.45) is 3.14. The molecule has 1 N–H and O–H groups in total. The molecular weight excluding hydrogens is 378 g/mol. The van der Waals surface area contributed by atoms with Gasteiger partial charge >= 0.3 is 5.97 Å². The van der Waals surface area contributed by atoms with E-state index in [0.29, 0.717) is 13.0 Å². The van der Waals surface area contributed by atoms with Crippen molar-refractivity contribution in [1.82, 2.24) is 5.16 Å². The third-order valence-corrected chi connectivity index (χ3v) is 5.90. The van der Waals surface area contributed by atoms with E-state index in [1.165, 1.54) is 0 Å². The maximum Gasteiger partial charge on any atom is 0.316 e. The van der Waals surface area contributed by atoms with Crippen molar-refractivity contribution in [3.8, 4) is 22.5 Å². The molecule has 156 valence electrons. The molecule has 1 fully saturated rings. The summed E-state index contributed by atoms with van der Waals surface area (Å²) in [6, 6.07) is 16.4. The molecule has 2 aromatic carbocycles. The minimum atomic E-state index is -0.437. The van der Waals surface area contributed by atoms with E-state index in [2.05, 4.69) is 29.4 Å². The lowest BCUT2D eigenvalue weighted by Gasteiger charge is -2.14. The molecule has 0 saturated heterocycles. The van der Waals surface area contributed by atoms with Crippen LogP contribution in [0.3, 0.4) is 0 Å². The van der Waals surface area contributed by atoms with Crippen LogP contribution in [0.5, 0.6) is 0 Å². The van der Waals surface area contributed by atoms with Crippen LogP contribution in [-0.2, 0) is 21.4 Å². The van der Waals surface area contributed by atoms with Crippen LogP contribution in [-0.4, -0.2) is 29.4 Å². The van der Waals surface area contributed by atoms with E-state index in [9.17, 15) is 4.79 Å². The molecule has 1 heterocycles. The van der Waals surface area contributed by atoms with Crippen molar-refractivity contribution in [3.63, 3.8) is 0 Å². The van der Waals surface area contributed by atoms with Crippen LogP contribution in [0.4, 0.5) is 0 Å². The Balaban J connectivity index is 1.53. The number of carbonyl (C=O) groups excluding carboxylic acids is 1. The second kappa shape index (κ2) is 8.44. The first-order valence-electron chi connectivity index (χ1n) is 10.5. The first kappa shape index (κ1) is 20.4. The van der Waals surface area contributed by atoms with Gasteiger partial charge in [0, 0.05) is 17.7 Å². The molecule has 1 aliphatic carbocycles. The number of aliphatic hydroxyl groups is 1. The molecule has 30 heavy (non-hydrogen) atoms. The number of hydrogen-bond acceptors (Lipinski definition) is 5. The van der Waals surface area contributed by atoms with Gasteiger partial charge in [-0.05, 0) is 56.2 Å². The highest BCUT2D eigenvalue weighted by molar-refractivity contribution is 5.87. The van der Waals surface area contributed by atoms with E-state index in [-0.39, 0.29) is 12.6 Å². The molecule has 0 aliphatic heterocycles. The van der Waals surface area contributed by atoms with E-state index >= 15 is 0 Å². The van der Waals surface area contributed by atoms with Crippen LogP contribution in [0.2, 0.25) is 0 Å². The second-order valence-electron chi connectivity index (χ2n) is 7.86. The number of rotatable bonds is 8. The van der Waals surface area contributed by atoms with Gasteiger partial charge in [0.2, 0.25) is 0 Å². The molecule has 5 heteroatoms. The first-order chi connectivity index (χ1) is 14.6. The number of aliphatic hydroxyl groups excluding tert-OH is 1. The summed E-state index contributed by atoms with van der Waals surface area (Å²) < 4.78 is 10.8. The van der Waals surface area contributed by atoms with Gasteiger partial charge in [-0.25, -0.2) is 0 Å². The van der Waals surface area contributed by atoms with Crippen LogP contribution in [0.15, 0.2) is 53.1 Å². The smallest absolute Gasteiger partial charge is 0.316 e. The minimum absolute atomic E-state index is 0.110. The van der Waals surface area contributed by atoms with Gasteiger partial charge in [-0.1, -0.05) is 53.7 Å². The van der Waals surface area contributed by atoms with Crippen LogP contribution in [0.25, 0.3) is 22.5 Å². The van der Waals surface area contributed by atoms with E-state index in [1.807, 2.05) is 38.1 Å². The van der Waals surface area contributed by atoms with E-state index in [0.717, 1.165) is 58.5 Å². The summed E-state index contributed by atoms with van der Waals surface area (Å²) in [4.78, 5) is 12.3. The van der Waals surface area contributed by atoms with Crippen LogP contribution in [0.1, 0.15) is 43.0 Å². The topological polar surface area (TPSA) is 72.6 Å². The van der Waals surface area contributed by atoms with Crippen molar-refractivity contribution >= 4 is 5.97 Å². The molecule has 0 bridgehead atoms. The molecule has 0 unspecified atom stereocenters. The van der Waals surface area contributed by atoms with Gasteiger partial charge in [-0.15, -0.1) is 0 Å². The van der Waals surface area contributed by atoms with Gasteiger partial charge in [0.1, 0.15) is 0 Å². The predicted molar refractivity (Wildman–Crippen MR) is 115 cm³/mol. The zero-order chi connectivity index (χ0) is 21.1. The SMILES string of the molecule is CCOC(=O)C1(c2ccc(-c3ccc(-c4onc(C)c4CCCO)cc3)cc2)CC1. The van der Waals surface area contributed by atoms with Crippen molar-refractivity contribution in [3.05, 3.63) is 65.4 Å². The monoisotopic (exact) mass is 405 g/mol. The Morgan fingerprint density at radius 2 is 1.67 bits per heavy atom. The third kappa shape index (κ3) is 3.77. The maximum absolute atomic E-state index is 12.3. The molecule has 1 aromatic heterocycles. The summed E-state index contributed by atoms with van der Waals surface area (Å²) in [5.74, 6) is 0.661. The molecule has 1 saturated carbocycles. The lowest BCUT2D eigenvalue weighted by molar-refractivity contribution is -0.146. The number of aromatic nitrogens is 1. The highest BCUT2D eigenvalue weighted by Gasteiger charge is 2.52. The summed E-state index contributed by atoms with van der Waals surface area (Å²) in [5, 5.41) is 13.2. The fourth-order valence-corrected chi connectivity index (χ4v) is 3.97. The average molecular weight is 405 g/mol. The lowest BCUT2D eigenvalue weighted by atomic mass is 9.93. The molecule has 5 nitrogen and oxygen atoms in total. The summed E-state index contributed by atoms with van der Waals surface area (Å²) in [6.45, 7) is 4.34. The maximum atomic E-state index is 12.3. The van der Waals surface area contributed by atoms with Crippen molar-refractivity contribution < 1.29 is 19.2 Å². The molecule has 0 atom stereocenters. The zero-order valence-corrected chi connectivity index (χ0v) is 17.5. The number of ether oxygens (including phenoxy) is 1. The van der Waals surface area contributed by atoms with Crippen molar-refractivity contribution in [2.24, 2.45) is 0 Å². The Hall–Kier alpha value is -2.92. The Morgan fingerprint density at radius 3 is 2.23 bits per heavy atom. The van der Waals surface area contributed by atoms with E-state index in [4.69, 9.17) is 14.4 Å². The molecule has 0 radical (unpaired) electrons. The molecule has 1 aliphatic rings. The quantitative estimate of drug-likeness (QED) is 0.543. The van der Waals surface area contributed by atoms with Crippen LogP contribution >= 0.6 is 0 Å². The largest absolute Gasteiger partial charge is 0.465 e. The Morgan fingerprint density at radius 1 is 1.07 bits per heavy atom. The minimum Gasteiger partial charge on any atom is -0.465 e. The van der Waals surface area contributed by atoms with Gasteiger partial charge in [-0.2, -0.15) is 0 Å². The van der Waals surface area contributed by atoms with E-state index in [1.54, 1.807) is 0 Å². The molecule has 3 aromatic rings. The van der Waals surface area contributed by atoms with Gasteiger partial charge in [0.05, 0.1) is 17.7 Å². The van der Waals surface area contributed by atoms with Gasteiger partial charge in [0.15, 0.2) is 5.76 Å². The molecule has 4 rings (SSSR count). The fourth-order valence-electron chi connectivity index (χ4n) is 3.97. The standard InChI is InChI=1S/C25H27NO4/c1-3-29-24(28)25(14-15-25)21-12-10-19(11-13-21)18-6-8-20(9-7-18)23-22(5-4-16-27)17(2)26-30-23/h6-13,27H,3-5,14-16H2,1-2H3. The predicted octanol–water partition coefficient (Wildman–Crippen LogP) is 4.84. The Labute approximate surface area is 176 Å². The van der Waals surface area contributed by atoms with Crippen LogP contribution < -0.4 is 0 Å². The average Bonchev–Trinajstić information content (AvgIpc) is 3.51. The van der Waals surface area contributed by atoms with Crippen molar-refractivity contribution in [2.45, 2.75) is 44.9 Å². The second-order valence-corrected chi connectivity index (χ2v) is 7.86. The highest BCUT2D eigenvalue weighted by Crippen LogP contribution is 2.49. The normalized spacial score (nSPS) is 14.5. The summed E-state index contributed by atoms with van der Waals surface area (Å²) >= 11 is 0. The fraction of sp³-hybridized carbons (Fsp3) is 0.360. The zero-order valence-electron chi connectivity index (χ0n) is 17.5. The highest BCUT2D eigenvalue weighted by atomic mass is 16.5. The van der Waals surface area contributed by atoms with Crippen LogP contribution in [0, 0.1) is 6.92 Å². The summed E-state index contributed by atoms with van der Waals surface area (Å²) in [7, 11) is 0. The van der Waals surface area contributed by atoms with Gasteiger partial charge in [-0.3, -0.25) is 4.79 Å². The molecule has 0 amide bonds. The van der Waals surface area contributed by atoms with Gasteiger partial charge in [0.25, 0.3) is 0 Å². The van der Waals surface area contributed by atoms with E-state index < -0.39 is 5.41 Å². The first-order valence-corrected chi connectivity index (χ1v) is 10.5. The van der Waals surface area contributed by atoms with Gasteiger partial charge < -0.3 is 14.4 Å². The van der Waals surface area contributed by atoms with Crippen molar-refractivity contribution in [1.29, 1.82) is 0 Å². The Bertz CT molecular complexity index is 1010.